The lowest BCUT2D eigenvalue weighted by Crippen LogP contribution is -2.27. The lowest BCUT2D eigenvalue weighted by molar-refractivity contribution is 0.348. The lowest BCUT2D eigenvalue weighted by atomic mass is 9.72. The SMILES string of the molecule is CC(C)P.CCC(CC)POc1cc(C(C)(C)C)cc2c1Oc1c(OC)cc(C(C)(C)C)cc1C2(C)C.c1ccc2c(c1)[nH]c1ccccc12.c1ccc2c(c1)[nH]c1ccccc12. The van der Waals surface area contributed by atoms with E-state index in [2.05, 4.69) is 224 Å². The minimum atomic E-state index is -0.255. The van der Waals surface area contributed by atoms with Crippen LogP contribution in [0.1, 0.15) is 118 Å². The Hall–Kier alpha value is -4.82. The highest BCUT2D eigenvalue weighted by atomic mass is 31.1. The summed E-state index contributed by atoms with van der Waals surface area (Å²) in [6, 6.07) is 42.4. The summed E-state index contributed by atoms with van der Waals surface area (Å²) in [5.41, 5.74) is 10.8. The van der Waals surface area contributed by atoms with Crippen molar-refractivity contribution in [1.82, 2.24) is 9.97 Å². The van der Waals surface area contributed by atoms with Crippen LogP contribution in [0.15, 0.2) is 121 Å². The summed E-state index contributed by atoms with van der Waals surface area (Å²) < 4.78 is 19.0. The molecule has 8 aromatic rings. The third-order valence-corrected chi connectivity index (χ3v) is 13.2. The Balaban J connectivity index is 0.000000177. The van der Waals surface area contributed by atoms with Crippen molar-refractivity contribution in [3.8, 4) is 23.0 Å². The predicted molar refractivity (Wildman–Crippen MR) is 279 cm³/mol. The van der Waals surface area contributed by atoms with Gasteiger partial charge in [-0.05, 0) is 76.9 Å². The van der Waals surface area contributed by atoms with E-state index in [0.717, 1.165) is 41.5 Å². The van der Waals surface area contributed by atoms with Gasteiger partial charge >= 0.3 is 0 Å². The summed E-state index contributed by atoms with van der Waals surface area (Å²) in [5, 5.41) is 5.22. The fourth-order valence-corrected chi connectivity index (χ4v) is 8.66. The molecule has 0 saturated heterocycles. The Morgan fingerprint density at radius 1 is 0.587 bits per heavy atom. The molecule has 2 unspecified atom stereocenters. The Morgan fingerprint density at radius 3 is 1.25 bits per heavy atom. The maximum absolute atomic E-state index is 6.66. The average molecular weight is 881 g/mol. The molecule has 0 radical (unpaired) electrons. The molecule has 63 heavy (non-hydrogen) atoms. The number of ether oxygens (including phenoxy) is 2. The molecule has 2 atom stereocenters. The van der Waals surface area contributed by atoms with Crippen molar-refractivity contribution in [1.29, 1.82) is 0 Å². The van der Waals surface area contributed by atoms with Gasteiger partial charge in [-0.15, -0.1) is 9.24 Å². The molecule has 5 nitrogen and oxygen atoms in total. The highest BCUT2D eigenvalue weighted by molar-refractivity contribution is 7.33. The molecule has 0 amide bonds. The molecule has 1 aliphatic heterocycles. The van der Waals surface area contributed by atoms with Crippen molar-refractivity contribution in [3.63, 3.8) is 0 Å². The average Bonchev–Trinajstić information content (AvgIpc) is 3.82. The minimum Gasteiger partial charge on any atom is -0.493 e. The normalized spacial score (nSPS) is 13.2. The van der Waals surface area contributed by atoms with Gasteiger partial charge in [0, 0.05) is 65.8 Å². The summed E-state index contributed by atoms with van der Waals surface area (Å²) in [4.78, 5) is 6.76. The molecule has 0 fully saturated rings. The molecular formula is C56H70N2O3P2. The molecule has 3 heterocycles. The summed E-state index contributed by atoms with van der Waals surface area (Å²) in [6.45, 7) is 26.8. The largest absolute Gasteiger partial charge is 0.493 e. The van der Waals surface area contributed by atoms with E-state index in [0.29, 0.717) is 14.5 Å². The van der Waals surface area contributed by atoms with Crippen LogP contribution in [0.2, 0.25) is 0 Å². The monoisotopic (exact) mass is 880 g/mol. The van der Waals surface area contributed by atoms with E-state index in [1.807, 2.05) is 0 Å². The number of aromatic nitrogens is 2. The molecule has 0 saturated carbocycles. The minimum absolute atomic E-state index is 0.00642. The van der Waals surface area contributed by atoms with Crippen molar-refractivity contribution in [3.05, 3.63) is 144 Å². The number of fused-ring (bicyclic) bond motifs is 8. The number of nitrogens with one attached hydrogen (secondary N) is 2. The molecule has 9 rings (SSSR count). The van der Waals surface area contributed by atoms with Crippen LogP contribution >= 0.6 is 18.0 Å². The maximum Gasteiger partial charge on any atom is 0.173 e. The lowest BCUT2D eigenvalue weighted by Gasteiger charge is -2.38. The summed E-state index contributed by atoms with van der Waals surface area (Å²) in [5.74, 6) is 3.27. The first-order valence-electron chi connectivity index (χ1n) is 22.6. The van der Waals surface area contributed by atoms with Gasteiger partial charge in [0.15, 0.2) is 23.0 Å². The molecule has 0 spiro atoms. The van der Waals surface area contributed by atoms with Crippen LogP contribution in [0.5, 0.6) is 23.0 Å². The summed E-state index contributed by atoms with van der Waals surface area (Å²) in [6.07, 6.45) is 2.24. The van der Waals surface area contributed by atoms with Crippen molar-refractivity contribution in [2.75, 3.05) is 7.11 Å². The van der Waals surface area contributed by atoms with Gasteiger partial charge in [0.2, 0.25) is 0 Å². The Bertz CT molecular complexity index is 2570. The van der Waals surface area contributed by atoms with Gasteiger partial charge in [-0.25, -0.2) is 0 Å². The maximum atomic E-state index is 6.66. The molecule has 0 aliphatic carbocycles. The van der Waals surface area contributed by atoms with Crippen LogP contribution in [0.25, 0.3) is 43.6 Å². The number of H-pyrrole nitrogens is 2. The predicted octanol–water partition coefficient (Wildman–Crippen LogP) is 16.8. The quantitative estimate of drug-likeness (QED) is 0.164. The van der Waals surface area contributed by atoms with Crippen LogP contribution < -0.4 is 14.0 Å². The van der Waals surface area contributed by atoms with Crippen molar-refractivity contribution >= 4 is 61.7 Å². The number of hydrogen-bond donors (Lipinski definition) is 2. The van der Waals surface area contributed by atoms with Gasteiger partial charge < -0.3 is 24.0 Å². The van der Waals surface area contributed by atoms with Gasteiger partial charge in [0.25, 0.3) is 0 Å². The van der Waals surface area contributed by atoms with Crippen LogP contribution in [0.4, 0.5) is 0 Å². The van der Waals surface area contributed by atoms with Gasteiger partial charge in [-0.2, -0.15) is 0 Å². The van der Waals surface area contributed by atoms with E-state index in [4.69, 9.17) is 14.0 Å². The van der Waals surface area contributed by atoms with E-state index in [1.165, 1.54) is 65.9 Å². The fourth-order valence-electron chi connectivity index (χ4n) is 7.88. The standard InChI is InChI=1S/C29H43O3P.2C12H9N.C3H9P/c1-12-20(13-2)33-32-24-17-19(28(6,7)8)15-22-26(24)31-25-21(29(22,9)10)14-18(27(3,4)5)16-23(25)30-11;2*1-3-7-11-9(5-1)10-6-2-4-8-12(10)13-11;1-3(2)4/h14-17,20,33H,12-13H2,1-11H3;2*1-8,13H;3H,4H2,1-2H3. The fraction of sp³-hybridized carbons (Fsp3) is 0.357. The van der Waals surface area contributed by atoms with Gasteiger partial charge in [-0.3, -0.25) is 0 Å². The molecule has 1 aliphatic rings. The second-order valence-corrected chi connectivity index (χ2v) is 22.1. The summed E-state index contributed by atoms with van der Waals surface area (Å²) >= 11 is 0. The second-order valence-electron chi connectivity index (χ2n) is 19.5. The number of para-hydroxylation sites is 4. The topological polar surface area (TPSA) is 59.3 Å². The smallest absolute Gasteiger partial charge is 0.173 e. The third-order valence-electron chi connectivity index (χ3n) is 11.8. The number of benzene rings is 6. The summed E-state index contributed by atoms with van der Waals surface area (Å²) in [7, 11) is 4.80. The van der Waals surface area contributed by atoms with Crippen molar-refractivity contribution in [2.45, 2.75) is 123 Å². The Morgan fingerprint density at radius 2 is 0.921 bits per heavy atom. The van der Waals surface area contributed by atoms with Crippen LogP contribution in [-0.4, -0.2) is 28.4 Å². The molecule has 332 valence electrons. The second kappa shape index (κ2) is 19.9. The van der Waals surface area contributed by atoms with Crippen LogP contribution in [-0.2, 0) is 16.2 Å². The third kappa shape index (κ3) is 10.9. The zero-order valence-corrected chi connectivity index (χ0v) is 42.1. The first kappa shape index (κ1) is 47.7. The van der Waals surface area contributed by atoms with Gasteiger partial charge in [0.05, 0.1) is 15.9 Å². The molecular weight excluding hydrogens is 811 g/mol. The van der Waals surface area contributed by atoms with Gasteiger partial charge in [-0.1, -0.05) is 168 Å². The van der Waals surface area contributed by atoms with E-state index >= 15 is 0 Å². The van der Waals surface area contributed by atoms with Gasteiger partial charge in [0.1, 0.15) is 0 Å². The highest BCUT2D eigenvalue weighted by Crippen LogP contribution is 2.57. The molecule has 2 N–H and O–H groups in total. The zero-order valence-electron chi connectivity index (χ0n) is 39.9. The number of aromatic amines is 2. The van der Waals surface area contributed by atoms with Crippen molar-refractivity contribution in [2.24, 2.45) is 0 Å². The van der Waals surface area contributed by atoms with E-state index in [9.17, 15) is 0 Å². The van der Waals surface area contributed by atoms with E-state index in [-0.39, 0.29) is 16.2 Å². The Kier molecular flexibility index (Phi) is 15.1. The highest BCUT2D eigenvalue weighted by Gasteiger charge is 2.40. The number of rotatable bonds is 6. The molecule has 6 aromatic carbocycles. The van der Waals surface area contributed by atoms with Crippen LogP contribution in [0.3, 0.4) is 0 Å². The Labute approximate surface area is 381 Å². The molecule has 7 heteroatoms. The number of hydrogen-bond acceptors (Lipinski definition) is 3. The first-order chi connectivity index (χ1) is 29.9. The zero-order chi connectivity index (χ0) is 45.7. The number of methoxy groups -OCH3 is 1. The molecule has 2 aromatic heterocycles. The van der Waals surface area contributed by atoms with Crippen molar-refractivity contribution < 1.29 is 14.0 Å². The van der Waals surface area contributed by atoms with Crippen LogP contribution in [0, 0.1) is 0 Å². The molecule has 0 bridgehead atoms. The first-order valence-corrected chi connectivity index (χ1v) is 24.2. The van der Waals surface area contributed by atoms with E-state index < -0.39 is 0 Å². The van der Waals surface area contributed by atoms with E-state index in [1.54, 1.807) is 7.11 Å².